The van der Waals surface area contributed by atoms with Gasteiger partial charge in [-0.05, 0) is 29.8 Å². The molecule has 0 bridgehead atoms. The Morgan fingerprint density at radius 1 is 1.16 bits per heavy atom. The van der Waals surface area contributed by atoms with Crippen molar-refractivity contribution in [3.05, 3.63) is 64.9 Å². The molecule has 0 N–H and O–H groups in total. The molecule has 0 aliphatic rings. The van der Waals surface area contributed by atoms with Gasteiger partial charge in [-0.25, -0.2) is 0 Å². The van der Waals surface area contributed by atoms with Gasteiger partial charge in [-0.15, -0.1) is 5.10 Å². The highest BCUT2D eigenvalue weighted by molar-refractivity contribution is 6.30. The van der Waals surface area contributed by atoms with Crippen LogP contribution in [0.1, 0.15) is 11.1 Å². The molecule has 0 saturated heterocycles. The van der Waals surface area contributed by atoms with Gasteiger partial charge in [0.2, 0.25) is 5.90 Å². The second kappa shape index (κ2) is 6.66. The molecule has 0 radical (unpaired) electrons. The third-order valence-corrected chi connectivity index (χ3v) is 2.60. The SMILES string of the molecule is CO/C(=N\N=C\c1ccc(Cl)cc1)c1ccncc1. The number of nitrogens with zero attached hydrogens (tertiary/aromatic N) is 3. The van der Waals surface area contributed by atoms with E-state index < -0.39 is 0 Å². The monoisotopic (exact) mass is 273 g/mol. The molecule has 0 spiro atoms. The summed E-state index contributed by atoms with van der Waals surface area (Å²) < 4.78 is 5.18. The first-order valence-electron chi connectivity index (χ1n) is 5.60. The van der Waals surface area contributed by atoms with Gasteiger partial charge in [-0.2, -0.15) is 5.10 Å². The molecule has 5 heteroatoms. The first-order chi connectivity index (χ1) is 9.29. The molecule has 1 aromatic carbocycles. The van der Waals surface area contributed by atoms with Gasteiger partial charge >= 0.3 is 0 Å². The van der Waals surface area contributed by atoms with Gasteiger partial charge in [0.25, 0.3) is 0 Å². The molecule has 2 aromatic rings. The lowest BCUT2D eigenvalue weighted by Crippen LogP contribution is -2.02. The standard InChI is InChI=1S/C14H12ClN3O/c1-19-14(12-6-8-16-9-7-12)18-17-10-11-2-4-13(15)5-3-11/h2-10H,1H3/b17-10+,18-14-. The Morgan fingerprint density at radius 3 is 2.47 bits per heavy atom. The van der Waals surface area contributed by atoms with Crippen molar-refractivity contribution in [3.63, 3.8) is 0 Å². The maximum absolute atomic E-state index is 5.80. The Morgan fingerprint density at radius 2 is 1.84 bits per heavy atom. The zero-order chi connectivity index (χ0) is 13.5. The third-order valence-electron chi connectivity index (χ3n) is 2.35. The second-order valence-electron chi connectivity index (χ2n) is 3.64. The van der Waals surface area contributed by atoms with Gasteiger partial charge in [-0.3, -0.25) is 4.98 Å². The molecule has 4 nitrogen and oxygen atoms in total. The average Bonchev–Trinajstić information content (AvgIpc) is 2.46. The van der Waals surface area contributed by atoms with Gasteiger partial charge in [0, 0.05) is 23.0 Å². The third kappa shape index (κ3) is 3.89. The summed E-state index contributed by atoms with van der Waals surface area (Å²) in [5.41, 5.74) is 1.74. The van der Waals surface area contributed by atoms with E-state index >= 15 is 0 Å². The fraction of sp³-hybridized carbons (Fsp3) is 0.0714. The van der Waals surface area contributed by atoms with Crippen molar-refractivity contribution in [1.82, 2.24) is 4.98 Å². The first kappa shape index (κ1) is 13.2. The molecule has 0 aliphatic carbocycles. The predicted molar refractivity (Wildman–Crippen MR) is 76.8 cm³/mol. The maximum Gasteiger partial charge on any atom is 0.240 e. The van der Waals surface area contributed by atoms with Crippen LogP contribution < -0.4 is 0 Å². The molecule has 0 amide bonds. The molecular weight excluding hydrogens is 262 g/mol. The van der Waals surface area contributed by atoms with Crippen molar-refractivity contribution in [3.8, 4) is 0 Å². The quantitative estimate of drug-likeness (QED) is 0.490. The van der Waals surface area contributed by atoms with E-state index in [1.807, 2.05) is 12.1 Å². The number of benzene rings is 1. The number of ether oxygens (including phenoxy) is 1. The van der Waals surface area contributed by atoms with Gasteiger partial charge in [0.15, 0.2) is 0 Å². The summed E-state index contributed by atoms with van der Waals surface area (Å²) in [4.78, 5) is 3.94. The largest absolute Gasteiger partial charge is 0.479 e. The van der Waals surface area contributed by atoms with Crippen molar-refractivity contribution in [2.45, 2.75) is 0 Å². The Bertz CT molecular complexity index is 579. The molecular formula is C14H12ClN3O. The van der Waals surface area contributed by atoms with Crippen LogP contribution in [-0.2, 0) is 4.74 Å². The molecule has 0 saturated carbocycles. The summed E-state index contributed by atoms with van der Waals surface area (Å²) in [6.45, 7) is 0. The molecule has 96 valence electrons. The molecule has 0 fully saturated rings. The van der Waals surface area contributed by atoms with Gasteiger partial charge in [0.1, 0.15) is 0 Å². The lowest BCUT2D eigenvalue weighted by atomic mass is 10.2. The second-order valence-corrected chi connectivity index (χ2v) is 4.08. The van der Waals surface area contributed by atoms with Crippen molar-refractivity contribution in [1.29, 1.82) is 0 Å². The molecule has 1 aromatic heterocycles. The number of pyridine rings is 1. The van der Waals surface area contributed by atoms with Crippen LogP contribution in [0.5, 0.6) is 0 Å². The highest BCUT2D eigenvalue weighted by atomic mass is 35.5. The van der Waals surface area contributed by atoms with Crippen LogP contribution >= 0.6 is 11.6 Å². The summed E-state index contributed by atoms with van der Waals surface area (Å²) in [5, 5.41) is 8.72. The van der Waals surface area contributed by atoms with Crippen molar-refractivity contribution in [2.75, 3.05) is 7.11 Å². The van der Waals surface area contributed by atoms with Crippen LogP contribution in [-0.4, -0.2) is 24.2 Å². The van der Waals surface area contributed by atoms with Gasteiger partial charge < -0.3 is 4.74 Å². The number of halogens is 1. The molecule has 19 heavy (non-hydrogen) atoms. The van der Waals surface area contributed by atoms with E-state index in [0.29, 0.717) is 10.9 Å². The van der Waals surface area contributed by atoms with Gasteiger partial charge in [0.05, 0.1) is 13.3 Å². The summed E-state index contributed by atoms with van der Waals surface area (Å²) in [6.07, 6.45) is 4.98. The normalized spacial score (nSPS) is 11.8. The number of rotatable bonds is 3. The zero-order valence-electron chi connectivity index (χ0n) is 10.3. The van der Waals surface area contributed by atoms with Crippen molar-refractivity contribution in [2.24, 2.45) is 10.2 Å². The highest BCUT2D eigenvalue weighted by Crippen LogP contribution is 2.08. The van der Waals surface area contributed by atoms with E-state index in [1.54, 1.807) is 50.0 Å². The summed E-state index contributed by atoms with van der Waals surface area (Å²) in [6, 6.07) is 10.9. The van der Waals surface area contributed by atoms with E-state index in [2.05, 4.69) is 15.2 Å². The fourth-order valence-electron chi connectivity index (χ4n) is 1.41. The molecule has 0 aliphatic heterocycles. The average molecular weight is 274 g/mol. The van der Waals surface area contributed by atoms with Crippen LogP contribution in [0, 0.1) is 0 Å². The number of methoxy groups -OCH3 is 1. The van der Waals surface area contributed by atoms with Crippen LogP contribution in [0.4, 0.5) is 0 Å². The Kier molecular flexibility index (Phi) is 4.64. The van der Waals surface area contributed by atoms with E-state index in [-0.39, 0.29) is 0 Å². The van der Waals surface area contributed by atoms with Crippen LogP contribution in [0.3, 0.4) is 0 Å². The van der Waals surface area contributed by atoms with Crippen LogP contribution in [0.15, 0.2) is 59.0 Å². The lowest BCUT2D eigenvalue weighted by Gasteiger charge is -2.01. The fourth-order valence-corrected chi connectivity index (χ4v) is 1.53. The van der Waals surface area contributed by atoms with Crippen LogP contribution in [0.25, 0.3) is 0 Å². The van der Waals surface area contributed by atoms with Crippen molar-refractivity contribution < 1.29 is 4.74 Å². The summed E-state index contributed by atoms with van der Waals surface area (Å²) >= 11 is 5.80. The first-order valence-corrected chi connectivity index (χ1v) is 5.98. The van der Waals surface area contributed by atoms with Gasteiger partial charge in [-0.1, -0.05) is 23.7 Å². The topological polar surface area (TPSA) is 46.8 Å². The van der Waals surface area contributed by atoms with E-state index in [9.17, 15) is 0 Å². The minimum Gasteiger partial charge on any atom is -0.479 e. The van der Waals surface area contributed by atoms with E-state index in [4.69, 9.17) is 16.3 Å². The molecule has 2 rings (SSSR count). The van der Waals surface area contributed by atoms with E-state index in [0.717, 1.165) is 11.1 Å². The Hall–Kier alpha value is -2.20. The van der Waals surface area contributed by atoms with E-state index in [1.165, 1.54) is 0 Å². The summed E-state index contributed by atoms with van der Waals surface area (Å²) in [5.74, 6) is 0.438. The minimum absolute atomic E-state index is 0.438. The summed E-state index contributed by atoms with van der Waals surface area (Å²) in [7, 11) is 1.55. The number of aromatic nitrogens is 1. The van der Waals surface area contributed by atoms with Crippen LogP contribution in [0.2, 0.25) is 5.02 Å². The number of hydrogen-bond donors (Lipinski definition) is 0. The smallest absolute Gasteiger partial charge is 0.240 e. The zero-order valence-corrected chi connectivity index (χ0v) is 11.1. The maximum atomic E-state index is 5.80. The minimum atomic E-state index is 0.438. The molecule has 0 atom stereocenters. The predicted octanol–water partition coefficient (Wildman–Crippen LogP) is 3.16. The Balaban J connectivity index is 2.14. The molecule has 1 heterocycles. The number of hydrogen-bond acceptors (Lipinski definition) is 4. The Labute approximate surface area is 116 Å². The highest BCUT2D eigenvalue weighted by Gasteiger charge is 2.01. The van der Waals surface area contributed by atoms with Crippen molar-refractivity contribution >= 4 is 23.7 Å². The lowest BCUT2D eigenvalue weighted by molar-refractivity contribution is 0.403. The molecule has 0 unspecified atom stereocenters.